The molecule has 0 amide bonds. The second-order valence-corrected chi connectivity index (χ2v) is 5.52. The zero-order valence-corrected chi connectivity index (χ0v) is 11.4. The average Bonchev–Trinajstić information content (AvgIpc) is 2.26. The fraction of sp³-hybridized carbons (Fsp3) is 0.500. The van der Waals surface area contributed by atoms with Crippen LogP contribution in [0.3, 0.4) is 0 Å². The number of hydrogen-bond donors (Lipinski definition) is 1. The van der Waals surface area contributed by atoms with Gasteiger partial charge in [0, 0.05) is 0 Å². The van der Waals surface area contributed by atoms with Crippen LogP contribution in [0, 0.1) is 0 Å². The van der Waals surface area contributed by atoms with Crippen LogP contribution in [0.4, 0.5) is 0 Å². The van der Waals surface area contributed by atoms with Crippen LogP contribution >= 0.6 is 0 Å². The third-order valence-electron chi connectivity index (χ3n) is 2.15. The molecule has 1 atom stereocenters. The molecule has 1 aromatic carbocycles. The summed E-state index contributed by atoms with van der Waals surface area (Å²) in [7, 11) is 0. The molecule has 0 saturated carbocycles. The molecule has 0 aliphatic carbocycles. The molecule has 0 fully saturated rings. The maximum absolute atomic E-state index is 11.9. The number of rotatable bonds is 4. The zero-order valence-electron chi connectivity index (χ0n) is 11.4. The van der Waals surface area contributed by atoms with E-state index in [1.165, 1.54) is 0 Å². The lowest BCUT2D eigenvalue weighted by molar-refractivity contribution is -0.162. The van der Waals surface area contributed by atoms with E-state index < -0.39 is 17.1 Å². The molecule has 1 aromatic rings. The molecule has 100 valence electrons. The molecule has 0 aromatic heterocycles. The van der Waals surface area contributed by atoms with Crippen LogP contribution < -0.4 is 10.5 Å². The Bertz CT molecular complexity index is 393. The Morgan fingerprint density at radius 3 is 2.22 bits per heavy atom. The van der Waals surface area contributed by atoms with Gasteiger partial charge in [-0.25, -0.2) is 4.79 Å². The van der Waals surface area contributed by atoms with Crippen molar-refractivity contribution in [3.8, 4) is 5.75 Å². The smallest absolute Gasteiger partial charge is 0.329 e. The van der Waals surface area contributed by atoms with Crippen molar-refractivity contribution in [1.82, 2.24) is 0 Å². The van der Waals surface area contributed by atoms with Crippen LogP contribution in [0.15, 0.2) is 30.3 Å². The molecule has 0 aliphatic heterocycles. The number of para-hydroxylation sites is 1. The van der Waals surface area contributed by atoms with Crippen molar-refractivity contribution in [3.63, 3.8) is 0 Å². The van der Waals surface area contributed by atoms with E-state index in [-0.39, 0.29) is 6.61 Å². The summed E-state index contributed by atoms with van der Waals surface area (Å²) in [4.78, 5) is 11.9. The first kappa shape index (κ1) is 14.5. The highest BCUT2D eigenvalue weighted by Crippen LogP contribution is 2.15. The molecule has 0 bridgehead atoms. The van der Waals surface area contributed by atoms with Gasteiger partial charge in [0.05, 0.1) is 0 Å². The highest BCUT2D eigenvalue weighted by Gasteiger charge is 2.34. The largest absolute Gasteiger partial charge is 0.491 e. The summed E-state index contributed by atoms with van der Waals surface area (Å²) in [5, 5.41) is 0. The number of esters is 1. The Balaban J connectivity index is 2.57. The van der Waals surface area contributed by atoms with E-state index in [0.717, 1.165) is 0 Å². The predicted molar refractivity (Wildman–Crippen MR) is 70.4 cm³/mol. The van der Waals surface area contributed by atoms with Gasteiger partial charge in [-0.1, -0.05) is 18.2 Å². The first-order valence-corrected chi connectivity index (χ1v) is 5.91. The Kier molecular flexibility index (Phi) is 4.35. The van der Waals surface area contributed by atoms with E-state index in [9.17, 15) is 4.79 Å². The summed E-state index contributed by atoms with van der Waals surface area (Å²) in [5.41, 5.74) is 4.20. The Morgan fingerprint density at radius 2 is 1.72 bits per heavy atom. The molecule has 0 spiro atoms. The Morgan fingerprint density at radius 1 is 1.17 bits per heavy atom. The minimum Gasteiger partial charge on any atom is -0.491 e. The first-order valence-electron chi connectivity index (χ1n) is 5.91. The molecule has 0 saturated heterocycles. The van der Waals surface area contributed by atoms with Gasteiger partial charge in [-0.15, -0.1) is 0 Å². The highest BCUT2D eigenvalue weighted by atomic mass is 16.6. The van der Waals surface area contributed by atoms with Crippen molar-refractivity contribution in [1.29, 1.82) is 0 Å². The van der Waals surface area contributed by atoms with Gasteiger partial charge in [-0.3, -0.25) is 0 Å². The minimum atomic E-state index is -1.16. The van der Waals surface area contributed by atoms with Crippen LogP contribution in [0.25, 0.3) is 0 Å². The summed E-state index contributed by atoms with van der Waals surface area (Å²) in [6.45, 7) is 7.09. The lowest BCUT2D eigenvalue weighted by Gasteiger charge is -2.28. The summed E-state index contributed by atoms with van der Waals surface area (Å²) in [5.74, 6) is 0.212. The molecule has 4 nitrogen and oxygen atoms in total. The molecule has 4 heteroatoms. The molecule has 2 N–H and O–H groups in total. The van der Waals surface area contributed by atoms with E-state index in [2.05, 4.69) is 0 Å². The normalized spacial score (nSPS) is 14.7. The van der Waals surface area contributed by atoms with E-state index in [1.807, 2.05) is 30.3 Å². The quantitative estimate of drug-likeness (QED) is 0.833. The van der Waals surface area contributed by atoms with Gasteiger partial charge in [0.15, 0.2) is 0 Å². The SMILES string of the molecule is CC(C)(C)OC(=O)C(C)(N)COc1ccccc1. The van der Waals surface area contributed by atoms with Crippen LogP contribution in [-0.2, 0) is 9.53 Å². The molecule has 1 unspecified atom stereocenters. The molecule has 0 radical (unpaired) electrons. The van der Waals surface area contributed by atoms with Crippen LogP contribution in [-0.4, -0.2) is 23.7 Å². The monoisotopic (exact) mass is 251 g/mol. The van der Waals surface area contributed by atoms with Crippen molar-refractivity contribution < 1.29 is 14.3 Å². The second kappa shape index (κ2) is 5.40. The van der Waals surface area contributed by atoms with Crippen LogP contribution in [0.5, 0.6) is 5.75 Å². The summed E-state index contributed by atoms with van der Waals surface area (Å²) >= 11 is 0. The van der Waals surface area contributed by atoms with Crippen molar-refractivity contribution >= 4 is 5.97 Å². The third-order valence-corrected chi connectivity index (χ3v) is 2.15. The summed E-state index contributed by atoms with van der Waals surface area (Å²) < 4.78 is 10.7. The van der Waals surface area contributed by atoms with Gasteiger partial charge in [0.1, 0.15) is 23.5 Å². The van der Waals surface area contributed by atoms with Crippen molar-refractivity contribution in [2.75, 3.05) is 6.61 Å². The highest BCUT2D eigenvalue weighted by molar-refractivity contribution is 5.80. The predicted octanol–water partition coefficient (Wildman–Crippen LogP) is 2.12. The van der Waals surface area contributed by atoms with Crippen LogP contribution in [0.1, 0.15) is 27.7 Å². The van der Waals surface area contributed by atoms with E-state index in [0.29, 0.717) is 5.75 Å². The number of hydrogen-bond acceptors (Lipinski definition) is 4. The number of benzene rings is 1. The molecular formula is C14H21NO3. The number of carbonyl (C=O) groups excluding carboxylic acids is 1. The van der Waals surface area contributed by atoms with Crippen LogP contribution in [0.2, 0.25) is 0 Å². The van der Waals surface area contributed by atoms with Gasteiger partial charge >= 0.3 is 5.97 Å². The maximum Gasteiger partial charge on any atom is 0.329 e. The van der Waals surface area contributed by atoms with E-state index >= 15 is 0 Å². The van der Waals surface area contributed by atoms with E-state index in [4.69, 9.17) is 15.2 Å². The molecule has 18 heavy (non-hydrogen) atoms. The maximum atomic E-state index is 11.9. The van der Waals surface area contributed by atoms with Gasteiger partial charge in [0.25, 0.3) is 0 Å². The fourth-order valence-electron chi connectivity index (χ4n) is 1.20. The second-order valence-electron chi connectivity index (χ2n) is 5.52. The molecular weight excluding hydrogens is 230 g/mol. The van der Waals surface area contributed by atoms with Gasteiger partial charge in [0.2, 0.25) is 0 Å². The molecule has 0 aliphatic rings. The average molecular weight is 251 g/mol. The Hall–Kier alpha value is -1.55. The minimum absolute atomic E-state index is 0.0753. The third kappa shape index (κ3) is 4.75. The first-order chi connectivity index (χ1) is 8.21. The lowest BCUT2D eigenvalue weighted by atomic mass is 10.1. The number of nitrogens with two attached hydrogens (primary N) is 1. The van der Waals surface area contributed by atoms with Gasteiger partial charge in [-0.05, 0) is 39.8 Å². The standard InChI is InChI=1S/C14H21NO3/c1-13(2,3)18-12(16)14(4,15)10-17-11-8-6-5-7-9-11/h5-9H,10,15H2,1-4H3. The van der Waals surface area contributed by atoms with Crippen molar-refractivity contribution in [3.05, 3.63) is 30.3 Å². The summed E-state index contributed by atoms with van der Waals surface area (Å²) in [6, 6.07) is 9.23. The van der Waals surface area contributed by atoms with Gasteiger partial charge in [-0.2, -0.15) is 0 Å². The van der Waals surface area contributed by atoms with Crippen molar-refractivity contribution in [2.45, 2.75) is 38.8 Å². The number of ether oxygens (including phenoxy) is 2. The lowest BCUT2D eigenvalue weighted by Crippen LogP contribution is -2.52. The van der Waals surface area contributed by atoms with Crippen molar-refractivity contribution in [2.24, 2.45) is 5.73 Å². The number of carbonyl (C=O) groups is 1. The molecule has 1 rings (SSSR count). The van der Waals surface area contributed by atoms with E-state index in [1.54, 1.807) is 27.7 Å². The zero-order chi connectivity index (χ0) is 13.8. The van der Waals surface area contributed by atoms with Gasteiger partial charge < -0.3 is 15.2 Å². The fourth-order valence-corrected chi connectivity index (χ4v) is 1.20. The molecule has 0 heterocycles. The topological polar surface area (TPSA) is 61.5 Å². The Labute approximate surface area is 108 Å². The summed E-state index contributed by atoms with van der Waals surface area (Å²) in [6.07, 6.45) is 0.